The summed E-state index contributed by atoms with van der Waals surface area (Å²) < 4.78 is 0. The molecule has 3 nitrogen and oxygen atoms in total. The number of Topliss-reactive ketones (excluding diaryl/α,β-unsaturated/α-hetero) is 1. The van der Waals surface area contributed by atoms with Gasteiger partial charge in [0.1, 0.15) is 5.78 Å². The van der Waals surface area contributed by atoms with Crippen LogP contribution in [-0.4, -0.2) is 10.8 Å². The molecule has 0 atom stereocenters. The molecule has 0 aromatic carbocycles. The van der Waals surface area contributed by atoms with Crippen LogP contribution in [0.3, 0.4) is 0 Å². The molecule has 5 heteroatoms. The van der Waals surface area contributed by atoms with Gasteiger partial charge in [-0.2, -0.15) is 0 Å². The first kappa shape index (κ1) is 14.5. The van der Waals surface area contributed by atoms with Crippen molar-refractivity contribution in [2.75, 3.05) is 0 Å². The van der Waals surface area contributed by atoms with E-state index in [1.165, 1.54) is 19.3 Å². The number of hydrogen-bond acceptors (Lipinski definition) is 4. The molecular weight excluding hydrogens is 278 g/mol. The molecule has 0 saturated carbocycles. The van der Waals surface area contributed by atoms with Gasteiger partial charge in [0, 0.05) is 23.8 Å². The van der Waals surface area contributed by atoms with E-state index < -0.39 is 0 Å². The third-order valence-electron chi connectivity index (χ3n) is 3.27. The number of carbonyl (C=O) groups excluding carboxylic acids is 1. The van der Waals surface area contributed by atoms with Crippen molar-refractivity contribution in [1.82, 2.24) is 4.98 Å². The average molecular weight is 297 g/mol. The van der Waals surface area contributed by atoms with Crippen LogP contribution in [-0.2, 0) is 11.2 Å². The molecule has 2 aliphatic heterocycles. The maximum absolute atomic E-state index is 11.9. The lowest BCUT2D eigenvalue weighted by atomic mass is 10.0. The number of aromatic nitrogens is 1. The fourth-order valence-corrected chi connectivity index (χ4v) is 4.44. The number of ketones is 1. The molecule has 2 heterocycles. The molecule has 104 valence electrons. The van der Waals surface area contributed by atoms with E-state index in [9.17, 15) is 9.59 Å². The Morgan fingerprint density at radius 1 is 1.26 bits per heavy atom. The normalized spacial score (nSPS) is 11.2. The van der Waals surface area contributed by atoms with Gasteiger partial charge in [-0.1, -0.05) is 53.3 Å². The van der Waals surface area contributed by atoms with E-state index in [2.05, 4.69) is 11.9 Å². The highest BCUT2D eigenvalue weighted by Gasteiger charge is 2.19. The lowest BCUT2D eigenvalue weighted by Crippen LogP contribution is -2.11. The minimum atomic E-state index is -0.0895. The summed E-state index contributed by atoms with van der Waals surface area (Å²) in [7, 11) is 3.17. The van der Waals surface area contributed by atoms with Crippen molar-refractivity contribution in [3.8, 4) is 10.6 Å². The molecule has 19 heavy (non-hydrogen) atoms. The lowest BCUT2D eigenvalue weighted by molar-refractivity contribution is -0.118. The molecule has 0 aliphatic carbocycles. The summed E-state index contributed by atoms with van der Waals surface area (Å²) in [5.41, 5.74) is 1.46. The highest BCUT2D eigenvalue weighted by atomic mass is 32.9. The van der Waals surface area contributed by atoms with E-state index >= 15 is 0 Å². The molecule has 0 fully saturated rings. The van der Waals surface area contributed by atoms with Crippen LogP contribution in [0.25, 0.3) is 10.6 Å². The van der Waals surface area contributed by atoms with Crippen molar-refractivity contribution in [1.29, 1.82) is 0 Å². The van der Waals surface area contributed by atoms with E-state index in [4.69, 9.17) is 0 Å². The second kappa shape index (κ2) is 7.01. The molecule has 2 aliphatic rings. The summed E-state index contributed by atoms with van der Waals surface area (Å²) in [6, 6.07) is 0. The molecule has 1 N–H and O–H groups in total. The van der Waals surface area contributed by atoms with Gasteiger partial charge in [-0.15, -0.1) is 0 Å². The van der Waals surface area contributed by atoms with Gasteiger partial charge in [0.2, 0.25) is 0 Å². The average Bonchev–Trinajstić information content (AvgIpc) is 2.93. The summed E-state index contributed by atoms with van der Waals surface area (Å²) >= 11 is 0. The van der Waals surface area contributed by atoms with Gasteiger partial charge in [0.05, 0.1) is 10.6 Å². The molecular formula is C14H19NO2S2. The third-order valence-corrected chi connectivity index (χ3v) is 5.41. The van der Waals surface area contributed by atoms with E-state index in [-0.39, 0.29) is 11.3 Å². The molecule has 0 saturated heterocycles. The largest absolute Gasteiger partial charge is 0.320 e. The molecule has 0 amide bonds. The summed E-state index contributed by atoms with van der Waals surface area (Å²) in [5, 5.41) is 1.93. The molecule has 0 aromatic rings. The SMILES string of the molecule is CCCCCCCC(=O)Cc1c2sscc-2[nH]c1=O. The topological polar surface area (TPSA) is 49.9 Å². The van der Waals surface area contributed by atoms with Gasteiger partial charge in [-0.25, -0.2) is 0 Å². The lowest BCUT2D eigenvalue weighted by Gasteiger charge is -2.00. The number of fused-ring (bicyclic) bond motifs is 1. The van der Waals surface area contributed by atoms with Gasteiger partial charge < -0.3 is 4.98 Å². The monoisotopic (exact) mass is 297 g/mol. The van der Waals surface area contributed by atoms with E-state index in [1.54, 1.807) is 20.7 Å². The Balaban J connectivity index is 1.84. The van der Waals surface area contributed by atoms with Gasteiger partial charge in [-0.05, 0) is 6.42 Å². The van der Waals surface area contributed by atoms with Crippen LogP contribution in [0.4, 0.5) is 0 Å². The zero-order valence-electron chi connectivity index (χ0n) is 11.2. The zero-order chi connectivity index (χ0) is 13.7. The first-order valence-electron chi connectivity index (χ1n) is 6.82. The number of aromatic amines is 1. The maximum Gasteiger partial charge on any atom is 0.253 e. The van der Waals surface area contributed by atoms with Crippen molar-refractivity contribution < 1.29 is 4.79 Å². The molecule has 0 radical (unpaired) electrons. The van der Waals surface area contributed by atoms with Gasteiger partial charge in [-0.3, -0.25) is 9.59 Å². The zero-order valence-corrected chi connectivity index (χ0v) is 12.8. The predicted molar refractivity (Wildman–Crippen MR) is 81.5 cm³/mol. The summed E-state index contributed by atoms with van der Waals surface area (Å²) in [6.45, 7) is 2.18. The first-order chi connectivity index (χ1) is 9.22. The number of carbonyl (C=O) groups is 1. The molecule has 0 bridgehead atoms. The Morgan fingerprint density at radius 2 is 2.05 bits per heavy atom. The number of rotatable bonds is 8. The highest BCUT2D eigenvalue weighted by molar-refractivity contribution is 7.70. The Morgan fingerprint density at radius 3 is 2.84 bits per heavy atom. The van der Waals surface area contributed by atoms with Gasteiger partial charge >= 0.3 is 0 Å². The van der Waals surface area contributed by atoms with Crippen LogP contribution in [0.5, 0.6) is 0 Å². The van der Waals surface area contributed by atoms with Crippen molar-refractivity contribution >= 4 is 26.5 Å². The molecule has 2 rings (SSSR count). The summed E-state index contributed by atoms with van der Waals surface area (Å²) in [6.07, 6.45) is 6.63. The Hall–Kier alpha value is -0.940. The number of nitrogens with one attached hydrogen (secondary N) is 1. The fourth-order valence-electron chi connectivity index (χ4n) is 2.19. The number of unbranched alkanes of at least 4 members (excludes halogenated alkanes) is 4. The van der Waals surface area contributed by atoms with E-state index in [0.717, 1.165) is 23.4 Å². The predicted octanol–water partition coefficient (Wildman–Crippen LogP) is 4.07. The van der Waals surface area contributed by atoms with E-state index in [1.807, 2.05) is 5.38 Å². The summed E-state index contributed by atoms with van der Waals surface area (Å²) in [4.78, 5) is 27.4. The van der Waals surface area contributed by atoms with Crippen LogP contribution in [0.15, 0.2) is 10.2 Å². The first-order valence-corrected chi connectivity index (χ1v) is 9.03. The fraction of sp³-hybridized carbons (Fsp3) is 0.571. The Bertz CT molecular complexity index is 552. The highest BCUT2D eigenvalue weighted by Crippen LogP contribution is 2.32. The molecule has 0 aromatic heterocycles. The smallest absolute Gasteiger partial charge is 0.253 e. The minimum absolute atomic E-state index is 0.0895. The Kier molecular flexibility index (Phi) is 5.34. The number of hydrogen-bond donors (Lipinski definition) is 1. The van der Waals surface area contributed by atoms with Crippen LogP contribution in [0.1, 0.15) is 51.0 Å². The van der Waals surface area contributed by atoms with Crippen molar-refractivity contribution in [3.05, 3.63) is 21.3 Å². The maximum atomic E-state index is 11.9. The standard InChI is InChI=1S/C14H19NO2S2/c1-2-3-4-5-6-7-10(16)8-11-13-12(9-18-19-13)15-14(11)17/h9H,2-8H2,1H3,(H,15,17). The third kappa shape index (κ3) is 3.76. The van der Waals surface area contributed by atoms with E-state index in [0.29, 0.717) is 18.4 Å². The van der Waals surface area contributed by atoms with Gasteiger partial charge in [0.15, 0.2) is 0 Å². The van der Waals surface area contributed by atoms with Crippen LogP contribution in [0.2, 0.25) is 0 Å². The molecule has 0 spiro atoms. The second-order valence-corrected chi connectivity index (χ2v) is 6.93. The Labute approximate surface area is 120 Å². The number of H-pyrrole nitrogens is 1. The quantitative estimate of drug-likeness (QED) is 0.589. The van der Waals surface area contributed by atoms with Crippen molar-refractivity contribution in [3.63, 3.8) is 0 Å². The van der Waals surface area contributed by atoms with Gasteiger partial charge in [0.25, 0.3) is 5.56 Å². The van der Waals surface area contributed by atoms with Crippen LogP contribution in [0, 0.1) is 0 Å². The van der Waals surface area contributed by atoms with Crippen LogP contribution >= 0.6 is 20.7 Å². The second-order valence-electron chi connectivity index (χ2n) is 4.85. The minimum Gasteiger partial charge on any atom is -0.320 e. The van der Waals surface area contributed by atoms with Crippen LogP contribution < -0.4 is 5.56 Å². The molecule has 0 unspecified atom stereocenters. The summed E-state index contributed by atoms with van der Waals surface area (Å²) in [5.74, 6) is 0.188. The van der Waals surface area contributed by atoms with Crippen molar-refractivity contribution in [2.24, 2.45) is 0 Å². The van der Waals surface area contributed by atoms with Crippen molar-refractivity contribution in [2.45, 2.75) is 51.9 Å².